The summed E-state index contributed by atoms with van der Waals surface area (Å²) in [6.07, 6.45) is 8.61. The number of benzene rings is 1. The van der Waals surface area contributed by atoms with E-state index in [9.17, 15) is 15.0 Å². The zero-order valence-corrected chi connectivity index (χ0v) is 17.7. The summed E-state index contributed by atoms with van der Waals surface area (Å²) in [5, 5.41) is 26.5. The van der Waals surface area contributed by atoms with Crippen molar-refractivity contribution in [3.63, 3.8) is 0 Å². The van der Waals surface area contributed by atoms with Crippen molar-refractivity contribution in [2.24, 2.45) is 11.8 Å². The number of aliphatic hydroxyl groups excluding tert-OH is 2. The molecule has 0 aromatic heterocycles. The van der Waals surface area contributed by atoms with Gasteiger partial charge in [0.25, 0.3) is 0 Å². The van der Waals surface area contributed by atoms with Gasteiger partial charge >= 0.3 is 0 Å². The molecule has 2 saturated heterocycles. The van der Waals surface area contributed by atoms with Crippen LogP contribution in [0.3, 0.4) is 0 Å². The molecule has 2 heterocycles. The monoisotopic (exact) mass is 413 g/mol. The van der Waals surface area contributed by atoms with Crippen LogP contribution in [0.4, 0.5) is 11.4 Å². The minimum atomic E-state index is -0.159. The average Bonchev–Trinajstić information content (AvgIpc) is 3.56. The highest BCUT2D eigenvalue weighted by atomic mass is 16.3. The molecule has 4 atom stereocenters. The number of amides is 1. The second-order valence-corrected chi connectivity index (χ2v) is 9.72. The van der Waals surface area contributed by atoms with Crippen molar-refractivity contribution >= 4 is 17.3 Å². The molecule has 30 heavy (non-hydrogen) atoms. The van der Waals surface area contributed by atoms with Gasteiger partial charge in [-0.15, -0.1) is 0 Å². The van der Waals surface area contributed by atoms with E-state index in [-0.39, 0.29) is 30.6 Å². The Bertz CT molecular complexity index is 773. The van der Waals surface area contributed by atoms with Crippen LogP contribution >= 0.6 is 0 Å². The first-order valence-electron chi connectivity index (χ1n) is 11.9. The first-order chi connectivity index (χ1) is 14.7. The van der Waals surface area contributed by atoms with Gasteiger partial charge in [0.15, 0.2) is 0 Å². The van der Waals surface area contributed by atoms with Gasteiger partial charge in [0.1, 0.15) is 0 Å². The van der Waals surface area contributed by atoms with Gasteiger partial charge in [-0.25, -0.2) is 0 Å². The summed E-state index contributed by atoms with van der Waals surface area (Å²) in [5.74, 6) is 0.533. The van der Waals surface area contributed by atoms with Crippen LogP contribution in [-0.2, 0) is 4.79 Å². The molecule has 0 radical (unpaired) electrons. The van der Waals surface area contributed by atoms with Gasteiger partial charge in [-0.1, -0.05) is 18.9 Å². The molecule has 4 aliphatic rings. The number of fused-ring (bicyclic) bond motifs is 1. The second-order valence-electron chi connectivity index (χ2n) is 9.72. The molecule has 164 valence electrons. The van der Waals surface area contributed by atoms with E-state index >= 15 is 0 Å². The Hall–Kier alpha value is -1.63. The molecule has 2 aliphatic carbocycles. The lowest BCUT2D eigenvalue weighted by atomic mass is 9.78. The van der Waals surface area contributed by atoms with Crippen LogP contribution in [0.15, 0.2) is 18.2 Å². The molecular weight excluding hydrogens is 378 g/mol. The summed E-state index contributed by atoms with van der Waals surface area (Å²) in [7, 11) is 0. The van der Waals surface area contributed by atoms with Crippen LogP contribution in [0.2, 0.25) is 0 Å². The van der Waals surface area contributed by atoms with Crippen LogP contribution < -0.4 is 15.5 Å². The van der Waals surface area contributed by atoms with E-state index in [1.54, 1.807) is 0 Å². The topological polar surface area (TPSA) is 94.7 Å². The van der Waals surface area contributed by atoms with Crippen molar-refractivity contribution in [2.45, 2.75) is 82.0 Å². The highest BCUT2D eigenvalue weighted by Crippen LogP contribution is 2.45. The smallest absolute Gasteiger partial charge is 0.230 e. The highest BCUT2D eigenvalue weighted by Gasteiger charge is 2.48. The Morgan fingerprint density at radius 1 is 1.10 bits per heavy atom. The first kappa shape index (κ1) is 20.3. The lowest BCUT2D eigenvalue weighted by Crippen LogP contribution is -2.37. The van der Waals surface area contributed by atoms with Gasteiger partial charge in [-0.3, -0.25) is 4.79 Å². The summed E-state index contributed by atoms with van der Waals surface area (Å²) in [6, 6.07) is 7.53. The van der Waals surface area contributed by atoms with Crippen molar-refractivity contribution in [3.8, 4) is 0 Å². The van der Waals surface area contributed by atoms with E-state index in [0.29, 0.717) is 24.4 Å². The van der Waals surface area contributed by atoms with E-state index in [1.807, 2.05) is 0 Å². The van der Waals surface area contributed by atoms with Crippen LogP contribution in [0.5, 0.6) is 0 Å². The van der Waals surface area contributed by atoms with Crippen molar-refractivity contribution in [2.75, 3.05) is 23.4 Å². The summed E-state index contributed by atoms with van der Waals surface area (Å²) >= 11 is 0. The molecule has 4 N–H and O–H groups in total. The molecule has 6 nitrogen and oxygen atoms in total. The lowest BCUT2D eigenvalue weighted by molar-refractivity contribution is -0.121. The number of hydrogen-bond acceptors (Lipinski definition) is 5. The standard InChI is InChI=1S/C24H35N3O3/c28-12-11-19-18-3-1-2-4-23(18)27(24(19)30)16-7-10-20(22-14-25-22)21(13-16)26-15-5-8-17(29)9-6-15/h7,10,13,15,17-19,22-23,25-26,28-29H,1-6,8-9,11-12,14H2. The van der Waals surface area contributed by atoms with Crippen molar-refractivity contribution in [1.29, 1.82) is 0 Å². The number of carbonyl (C=O) groups is 1. The van der Waals surface area contributed by atoms with E-state index < -0.39 is 0 Å². The summed E-state index contributed by atoms with van der Waals surface area (Å²) < 4.78 is 0. The maximum atomic E-state index is 13.4. The van der Waals surface area contributed by atoms with E-state index in [2.05, 4.69) is 33.7 Å². The fourth-order valence-electron chi connectivity index (χ4n) is 6.09. The van der Waals surface area contributed by atoms with Gasteiger partial charge in [0, 0.05) is 48.6 Å². The SMILES string of the molecule is O=C1C(CCO)C2CCCCC2N1c1ccc(C2CN2)c(NC2CCC(O)CC2)c1. The normalized spacial score (nSPS) is 35.9. The third-order valence-electron chi connectivity index (χ3n) is 7.78. The van der Waals surface area contributed by atoms with Crippen molar-refractivity contribution < 1.29 is 15.0 Å². The minimum absolute atomic E-state index is 0.0404. The van der Waals surface area contributed by atoms with Crippen LogP contribution in [0.25, 0.3) is 0 Å². The number of anilines is 2. The van der Waals surface area contributed by atoms with Gasteiger partial charge in [0.2, 0.25) is 5.91 Å². The number of rotatable bonds is 6. The van der Waals surface area contributed by atoms with Crippen LogP contribution in [0.1, 0.15) is 69.4 Å². The quantitative estimate of drug-likeness (QED) is 0.538. The molecule has 0 bridgehead atoms. The summed E-state index contributed by atoms with van der Waals surface area (Å²) in [4.78, 5) is 15.4. The number of aliphatic hydroxyl groups is 2. The molecule has 2 saturated carbocycles. The third kappa shape index (κ3) is 3.85. The van der Waals surface area contributed by atoms with Crippen LogP contribution in [-0.4, -0.2) is 47.5 Å². The van der Waals surface area contributed by atoms with Gasteiger partial charge in [0.05, 0.1) is 6.10 Å². The first-order valence-corrected chi connectivity index (χ1v) is 11.9. The summed E-state index contributed by atoms with van der Waals surface area (Å²) in [6.45, 7) is 1.09. The maximum Gasteiger partial charge on any atom is 0.230 e. The number of nitrogens with zero attached hydrogens (tertiary/aromatic N) is 1. The number of nitrogens with one attached hydrogen (secondary N) is 2. The Morgan fingerprint density at radius 2 is 1.87 bits per heavy atom. The molecule has 1 aromatic rings. The lowest BCUT2D eigenvalue weighted by Gasteiger charge is -2.33. The maximum absolute atomic E-state index is 13.4. The Morgan fingerprint density at radius 3 is 2.60 bits per heavy atom. The largest absolute Gasteiger partial charge is 0.396 e. The van der Waals surface area contributed by atoms with Crippen molar-refractivity contribution in [3.05, 3.63) is 23.8 Å². The predicted octanol–water partition coefficient (Wildman–Crippen LogP) is 2.95. The molecule has 4 fully saturated rings. The molecule has 4 unspecified atom stereocenters. The van der Waals surface area contributed by atoms with E-state index in [4.69, 9.17) is 0 Å². The van der Waals surface area contributed by atoms with E-state index in [1.165, 1.54) is 18.4 Å². The fraction of sp³-hybridized carbons (Fsp3) is 0.708. The zero-order valence-electron chi connectivity index (χ0n) is 17.7. The Balaban J connectivity index is 1.43. The van der Waals surface area contributed by atoms with E-state index in [0.717, 1.165) is 56.4 Å². The highest BCUT2D eigenvalue weighted by molar-refractivity contribution is 5.99. The zero-order chi connectivity index (χ0) is 20.7. The fourth-order valence-corrected chi connectivity index (χ4v) is 6.09. The second kappa shape index (κ2) is 8.48. The molecule has 1 aromatic carbocycles. The Kier molecular flexibility index (Phi) is 5.73. The van der Waals surface area contributed by atoms with Gasteiger partial charge < -0.3 is 25.7 Å². The van der Waals surface area contributed by atoms with Crippen LogP contribution in [0, 0.1) is 11.8 Å². The van der Waals surface area contributed by atoms with Crippen molar-refractivity contribution in [1.82, 2.24) is 5.32 Å². The van der Waals surface area contributed by atoms with Gasteiger partial charge in [-0.05, 0) is 68.6 Å². The molecular formula is C24H35N3O3. The molecule has 6 heteroatoms. The average molecular weight is 414 g/mol. The Labute approximate surface area is 179 Å². The molecule has 5 rings (SSSR count). The predicted molar refractivity (Wildman–Crippen MR) is 117 cm³/mol. The summed E-state index contributed by atoms with van der Waals surface area (Å²) in [5.41, 5.74) is 3.42. The number of hydrogen-bond donors (Lipinski definition) is 4. The third-order valence-corrected chi connectivity index (χ3v) is 7.78. The van der Waals surface area contributed by atoms with Gasteiger partial charge in [-0.2, -0.15) is 0 Å². The minimum Gasteiger partial charge on any atom is -0.396 e. The molecule has 1 amide bonds. The number of carbonyl (C=O) groups excluding carboxylic acids is 1. The molecule has 2 aliphatic heterocycles. The molecule has 0 spiro atoms.